The van der Waals surface area contributed by atoms with E-state index in [9.17, 15) is 5.11 Å². The molecule has 0 bridgehead atoms. The first-order chi connectivity index (χ1) is 7.00. The lowest BCUT2D eigenvalue weighted by molar-refractivity contribution is -0.153. The van der Waals surface area contributed by atoms with Crippen molar-refractivity contribution >= 4 is 0 Å². The maximum atomic E-state index is 9.96. The molecule has 0 radical (unpaired) electrons. The fourth-order valence-corrected chi connectivity index (χ4v) is 1.87. The van der Waals surface area contributed by atoms with Gasteiger partial charge >= 0.3 is 0 Å². The molecule has 0 aromatic heterocycles. The number of ether oxygens (including phenoxy) is 2. The van der Waals surface area contributed by atoms with Crippen molar-refractivity contribution in [1.82, 2.24) is 0 Å². The van der Waals surface area contributed by atoms with Crippen molar-refractivity contribution in [2.75, 3.05) is 0 Å². The average molecular weight is 214 g/mol. The monoisotopic (exact) mass is 214 g/mol. The van der Waals surface area contributed by atoms with Crippen LogP contribution in [-0.2, 0) is 9.47 Å². The summed E-state index contributed by atoms with van der Waals surface area (Å²) in [4.78, 5) is 0. The standard InChI is InChI=1S/C12H22O3/c1-5-7-8-9(13)11-10(6-2)14-12(3,4)15-11/h6,9-11,13H,2,5,7-8H2,1,3-4H3/t9-,10-,11+/m1/s1. The van der Waals surface area contributed by atoms with Crippen LogP contribution in [0.5, 0.6) is 0 Å². The van der Waals surface area contributed by atoms with E-state index in [0.29, 0.717) is 0 Å². The zero-order valence-electron chi connectivity index (χ0n) is 9.90. The van der Waals surface area contributed by atoms with Crippen LogP contribution < -0.4 is 0 Å². The van der Waals surface area contributed by atoms with E-state index >= 15 is 0 Å². The molecule has 3 nitrogen and oxygen atoms in total. The highest BCUT2D eigenvalue weighted by molar-refractivity contribution is 4.96. The number of aliphatic hydroxyl groups is 1. The summed E-state index contributed by atoms with van der Waals surface area (Å²) in [6.07, 6.45) is 3.60. The number of aliphatic hydroxyl groups excluding tert-OH is 1. The second kappa shape index (κ2) is 5.10. The summed E-state index contributed by atoms with van der Waals surface area (Å²) < 4.78 is 11.3. The Morgan fingerprint density at radius 2 is 2.13 bits per heavy atom. The van der Waals surface area contributed by atoms with Crippen LogP contribution in [0.4, 0.5) is 0 Å². The molecule has 0 aliphatic carbocycles. The van der Waals surface area contributed by atoms with Gasteiger partial charge in [0, 0.05) is 0 Å². The molecular weight excluding hydrogens is 192 g/mol. The highest BCUT2D eigenvalue weighted by Gasteiger charge is 2.42. The Morgan fingerprint density at radius 1 is 1.47 bits per heavy atom. The number of unbranched alkanes of at least 4 members (excludes halogenated alkanes) is 1. The molecular formula is C12H22O3. The Bertz CT molecular complexity index is 213. The molecule has 1 N–H and O–H groups in total. The van der Waals surface area contributed by atoms with Gasteiger partial charge in [-0.1, -0.05) is 25.8 Å². The molecule has 1 aliphatic heterocycles. The third kappa shape index (κ3) is 3.30. The summed E-state index contributed by atoms with van der Waals surface area (Å²) in [5.74, 6) is -0.614. The molecule has 15 heavy (non-hydrogen) atoms. The van der Waals surface area contributed by atoms with Crippen molar-refractivity contribution in [3.63, 3.8) is 0 Å². The molecule has 0 aromatic carbocycles. The van der Waals surface area contributed by atoms with Gasteiger partial charge in [-0.05, 0) is 20.3 Å². The molecule has 3 atom stereocenters. The van der Waals surface area contributed by atoms with Crippen molar-refractivity contribution < 1.29 is 14.6 Å². The number of rotatable bonds is 5. The lowest BCUT2D eigenvalue weighted by atomic mass is 10.0. The van der Waals surface area contributed by atoms with Crippen LogP contribution in [0.1, 0.15) is 40.0 Å². The van der Waals surface area contributed by atoms with E-state index < -0.39 is 11.9 Å². The smallest absolute Gasteiger partial charge is 0.164 e. The van der Waals surface area contributed by atoms with Gasteiger partial charge in [0.2, 0.25) is 0 Å². The molecule has 1 saturated heterocycles. The van der Waals surface area contributed by atoms with E-state index in [4.69, 9.17) is 9.47 Å². The van der Waals surface area contributed by atoms with Crippen molar-refractivity contribution in [1.29, 1.82) is 0 Å². The maximum Gasteiger partial charge on any atom is 0.164 e. The lowest BCUT2D eigenvalue weighted by Crippen LogP contribution is -2.34. The first kappa shape index (κ1) is 12.7. The van der Waals surface area contributed by atoms with Crippen molar-refractivity contribution in [3.8, 4) is 0 Å². The number of hydrogen-bond donors (Lipinski definition) is 1. The van der Waals surface area contributed by atoms with Gasteiger partial charge in [-0.25, -0.2) is 0 Å². The van der Waals surface area contributed by atoms with Gasteiger partial charge in [0.05, 0.1) is 6.10 Å². The summed E-state index contributed by atoms with van der Waals surface area (Å²) in [6.45, 7) is 9.52. The molecule has 0 spiro atoms. The summed E-state index contributed by atoms with van der Waals surface area (Å²) in [5.41, 5.74) is 0. The Hall–Kier alpha value is -0.380. The van der Waals surface area contributed by atoms with Crippen LogP contribution in [0, 0.1) is 0 Å². The molecule has 1 rings (SSSR count). The van der Waals surface area contributed by atoms with E-state index in [0.717, 1.165) is 19.3 Å². The molecule has 1 fully saturated rings. The minimum Gasteiger partial charge on any atom is -0.390 e. The van der Waals surface area contributed by atoms with Crippen LogP contribution in [0.15, 0.2) is 12.7 Å². The highest BCUT2D eigenvalue weighted by atomic mass is 16.8. The van der Waals surface area contributed by atoms with E-state index in [-0.39, 0.29) is 12.2 Å². The van der Waals surface area contributed by atoms with E-state index in [2.05, 4.69) is 13.5 Å². The normalized spacial score (nSPS) is 31.5. The average Bonchev–Trinajstić information content (AvgIpc) is 2.50. The van der Waals surface area contributed by atoms with E-state index in [1.54, 1.807) is 6.08 Å². The second-order valence-electron chi connectivity index (χ2n) is 4.51. The van der Waals surface area contributed by atoms with E-state index in [1.165, 1.54) is 0 Å². The van der Waals surface area contributed by atoms with Crippen molar-refractivity contribution in [2.45, 2.75) is 64.1 Å². The van der Waals surface area contributed by atoms with Crippen LogP contribution in [0.2, 0.25) is 0 Å². The minimum absolute atomic E-state index is 0.202. The zero-order chi connectivity index (χ0) is 11.5. The van der Waals surface area contributed by atoms with Crippen molar-refractivity contribution in [2.24, 2.45) is 0 Å². The molecule has 0 amide bonds. The molecule has 1 aliphatic rings. The molecule has 1 heterocycles. The van der Waals surface area contributed by atoms with Gasteiger partial charge in [0.15, 0.2) is 5.79 Å². The largest absolute Gasteiger partial charge is 0.390 e. The SMILES string of the molecule is C=C[C@H]1OC(C)(C)O[C@H]1[C@H](O)CCCC. The topological polar surface area (TPSA) is 38.7 Å². The summed E-state index contributed by atoms with van der Waals surface area (Å²) in [5, 5.41) is 9.96. The van der Waals surface area contributed by atoms with Crippen LogP contribution in [-0.4, -0.2) is 29.2 Å². The van der Waals surface area contributed by atoms with Crippen molar-refractivity contribution in [3.05, 3.63) is 12.7 Å². The first-order valence-electron chi connectivity index (χ1n) is 5.66. The minimum atomic E-state index is -0.614. The Labute approximate surface area is 92.1 Å². The Balaban J connectivity index is 2.55. The molecule has 88 valence electrons. The molecule has 0 unspecified atom stereocenters. The Kier molecular flexibility index (Phi) is 4.32. The fourth-order valence-electron chi connectivity index (χ4n) is 1.87. The predicted molar refractivity (Wildman–Crippen MR) is 59.6 cm³/mol. The van der Waals surface area contributed by atoms with Gasteiger partial charge in [-0.15, -0.1) is 6.58 Å². The lowest BCUT2D eigenvalue weighted by Gasteiger charge is -2.21. The Morgan fingerprint density at radius 3 is 2.67 bits per heavy atom. The summed E-state index contributed by atoms with van der Waals surface area (Å²) in [6, 6.07) is 0. The summed E-state index contributed by atoms with van der Waals surface area (Å²) in [7, 11) is 0. The van der Waals surface area contributed by atoms with Gasteiger partial charge in [-0.2, -0.15) is 0 Å². The third-order valence-corrected chi connectivity index (χ3v) is 2.63. The van der Waals surface area contributed by atoms with Crippen LogP contribution >= 0.6 is 0 Å². The van der Waals surface area contributed by atoms with E-state index in [1.807, 2.05) is 13.8 Å². The van der Waals surface area contributed by atoms with Crippen LogP contribution in [0.3, 0.4) is 0 Å². The maximum absolute atomic E-state index is 9.96. The predicted octanol–water partition coefficient (Wildman–Crippen LogP) is 2.24. The van der Waals surface area contributed by atoms with Gasteiger partial charge in [-0.3, -0.25) is 0 Å². The van der Waals surface area contributed by atoms with Crippen LogP contribution in [0.25, 0.3) is 0 Å². The van der Waals surface area contributed by atoms with Gasteiger partial charge in [0.25, 0.3) is 0 Å². The summed E-state index contributed by atoms with van der Waals surface area (Å²) >= 11 is 0. The van der Waals surface area contributed by atoms with Gasteiger partial charge in [0.1, 0.15) is 12.2 Å². The third-order valence-electron chi connectivity index (χ3n) is 2.63. The molecule has 3 heteroatoms. The first-order valence-corrected chi connectivity index (χ1v) is 5.66. The van der Waals surface area contributed by atoms with Gasteiger partial charge < -0.3 is 14.6 Å². The second-order valence-corrected chi connectivity index (χ2v) is 4.51. The quantitative estimate of drug-likeness (QED) is 0.713. The zero-order valence-corrected chi connectivity index (χ0v) is 9.90. The highest BCUT2D eigenvalue weighted by Crippen LogP contribution is 2.31. The molecule has 0 saturated carbocycles. The molecule has 0 aromatic rings. The number of hydrogen-bond acceptors (Lipinski definition) is 3. The fraction of sp³-hybridized carbons (Fsp3) is 0.833.